The van der Waals surface area contributed by atoms with Crippen LogP contribution in [0.25, 0.3) is 0 Å². The highest BCUT2D eigenvalue weighted by Gasteiger charge is 2.30. The molecule has 1 N–H and O–H groups in total. The van der Waals surface area contributed by atoms with Gasteiger partial charge in [0, 0.05) is 34.7 Å². The van der Waals surface area contributed by atoms with Gasteiger partial charge in [0.15, 0.2) is 0 Å². The Morgan fingerprint density at radius 2 is 2.00 bits per heavy atom. The number of hydrogen-bond acceptors (Lipinski definition) is 2. The number of carbonyl (C=O) groups is 1. The van der Waals surface area contributed by atoms with Crippen LogP contribution in [-0.4, -0.2) is 35.6 Å². The van der Waals surface area contributed by atoms with Crippen LogP contribution in [0.4, 0.5) is 0 Å². The van der Waals surface area contributed by atoms with Crippen LogP contribution in [0.3, 0.4) is 0 Å². The second-order valence-electron chi connectivity index (χ2n) is 3.77. The maximum Gasteiger partial charge on any atom is 0.253 e. The third-order valence-electron chi connectivity index (χ3n) is 2.59. The lowest BCUT2D eigenvalue weighted by Crippen LogP contribution is -2.51. The summed E-state index contributed by atoms with van der Waals surface area (Å²) in [5.41, 5.74) is 0.729. The molecule has 0 aromatic heterocycles. The van der Waals surface area contributed by atoms with Gasteiger partial charge < -0.3 is 10.0 Å². The van der Waals surface area contributed by atoms with Crippen molar-refractivity contribution in [2.24, 2.45) is 5.92 Å². The number of hydrogen-bond donors (Lipinski definition) is 1. The van der Waals surface area contributed by atoms with Gasteiger partial charge in [-0.25, -0.2) is 0 Å². The van der Waals surface area contributed by atoms with E-state index in [1.54, 1.807) is 4.90 Å². The van der Waals surface area contributed by atoms with Crippen molar-refractivity contribution in [3.8, 4) is 0 Å². The smallest absolute Gasteiger partial charge is 0.253 e. The molecule has 1 aliphatic rings. The molecule has 0 saturated carbocycles. The molecule has 15 heavy (non-hydrogen) atoms. The lowest BCUT2D eigenvalue weighted by Gasteiger charge is -2.38. The van der Waals surface area contributed by atoms with E-state index in [0.29, 0.717) is 13.1 Å². The SMILES string of the molecule is O=C(c1ccc(I)cc1)N1CC(CO)C1. The molecular weight excluding hydrogens is 305 g/mol. The number of rotatable bonds is 2. The Hall–Kier alpha value is -0.620. The van der Waals surface area contributed by atoms with E-state index in [1.807, 2.05) is 24.3 Å². The monoisotopic (exact) mass is 317 g/mol. The van der Waals surface area contributed by atoms with Crippen LogP contribution in [0.15, 0.2) is 24.3 Å². The first-order valence-corrected chi connectivity index (χ1v) is 5.94. The first-order chi connectivity index (χ1) is 7.20. The standard InChI is InChI=1S/C11H12INO2/c12-10-3-1-9(2-4-10)11(15)13-5-8(6-13)7-14/h1-4,8,14H,5-7H2. The van der Waals surface area contributed by atoms with E-state index < -0.39 is 0 Å². The fourth-order valence-corrected chi connectivity index (χ4v) is 1.99. The fraction of sp³-hybridized carbons (Fsp3) is 0.364. The van der Waals surface area contributed by atoms with Crippen LogP contribution in [-0.2, 0) is 0 Å². The predicted octanol–water partition coefficient (Wildman–Crippen LogP) is 1.36. The summed E-state index contributed by atoms with van der Waals surface area (Å²) in [4.78, 5) is 13.6. The zero-order valence-corrected chi connectivity index (χ0v) is 10.3. The Morgan fingerprint density at radius 1 is 1.40 bits per heavy atom. The summed E-state index contributed by atoms with van der Waals surface area (Å²) < 4.78 is 1.13. The number of amides is 1. The topological polar surface area (TPSA) is 40.5 Å². The Kier molecular flexibility index (Phi) is 3.25. The first-order valence-electron chi connectivity index (χ1n) is 4.86. The number of carbonyl (C=O) groups excluding carboxylic acids is 1. The number of likely N-dealkylation sites (tertiary alicyclic amines) is 1. The molecule has 3 nitrogen and oxygen atoms in total. The van der Waals surface area contributed by atoms with Crippen molar-refractivity contribution in [2.75, 3.05) is 19.7 Å². The lowest BCUT2D eigenvalue weighted by molar-refractivity contribution is 0.0362. The number of halogens is 1. The molecule has 0 atom stereocenters. The minimum atomic E-state index is 0.0658. The maximum atomic E-state index is 11.8. The second kappa shape index (κ2) is 4.49. The average molecular weight is 317 g/mol. The molecule has 1 heterocycles. The van der Waals surface area contributed by atoms with Crippen LogP contribution < -0.4 is 0 Å². The highest BCUT2D eigenvalue weighted by Crippen LogP contribution is 2.18. The Morgan fingerprint density at radius 3 is 2.53 bits per heavy atom. The molecule has 1 fully saturated rings. The number of aliphatic hydroxyl groups is 1. The fourth-order valence-electron chi connectivity index (χ4n) is 1.63. The summed E-state index contributed by atoms with van der Waals surface area (Å²) in [6.45, 7) is 1.54. The van der Waals surface area contributed by atoms with Crippen molar-refractivity contribution in [2.45, 2.75) is 0 Å². The van der Waals surface area contributed by atoms with Gasteiger partial charge in [-0.1, -0.05) is 0 Å². The largest absolute Gasteiger partial charge is 0.396 e. The van der Waals surface area contributed by atoms with Gasteiger partial charge in [0.05, 0.1) is 0 Å². The van der Waals surface area contributed by atoms with Gasteiger partial charge in [-0.15, -0.1) is 0 Å². The molecule has 2 rings (SSSR count). The normalized spacial score (nSPS) is 16.3. The number of aliphatic hydroxyl groups excluding tert-OH is 1. The maximum absolute atomic E-state index is 11.8. The number of nitrogens with zero attached hydrogens (tertiary/aromatic N) is 1. The molecule has 1 aromatic carbocycles. The molecule has 0 aliphatic carbocycles. The van der Waals surface area contributed by atoms with Crippen LogP contribution >= 0.6 is 22.6 Å². The molecule has 1 saturated heterocycles. The second-order valence-corrected chi connectivity index (χ2v) is 5.01. The summed E-state index contributed by atoms with van der Waals surface area (Å²) in [5.74, 6) is 0.342. The molecule has 0 unspecified atom stereocenters. The highest BCUT2D eigenvalue weighted by atomic mass is 127. The quantitative estimate of drug-likeness (QED) is 0.837. The lowest BCUT2D eigenvalue weighted by atomic mass is 10.00. The summed E-state index contributed by atoms with van der Waals surface area (Å²) in [5, 5.41) is 8.85. The van der Waals surface area contributed by atoms with Crippen LogP contribution in [0.2, 0.25) is 0 Å². The van der Waals surface area contributed by atoms with Gasteiger partial charge in [0.1, 0.15) is 0 Å². The summed E-state index contributed by atoms with van der Waals surface area (Å²) in [7, 11) is 0. The molecule has 1 aliphatic heterocycles. The van der Waals surface area contributed by atoms with Crippen molar-refractivity contribution >= 4 is 28.5 Å². The third kappa shape index (κ3) is 2.31. The Balaban J connectivity index is 2.00. The molecule has 0 bridgehead atoms. The van der Waals surface area contributed by atoms with Crippen LogP contribution in [0, 0.1) is 9.49 Å². The molecule has 1 amide bonds. The van der Waals surface area contributed by atoms with Crippen molar-refractivity contribution in [1.29, 1.82) is 0 Å². The first kappa shape index (κ1) is 10.9. The van der Waals surface area contributed by atoms with E-state index in [1.165, 1.54) is 0 Å². The molecular formula is C11H12INO2. The number of benzene rings is 1. The van der Waals surface area contributed by atoms with E-state index in [2.05, 4.69) is 22.6 Å². The van der Waals surface area contributed by atoms with Crippen molar-refractivity contribution in [3.63, 3.8) is 0 Å². The van der Waals surface area contributed by atoms with Gasteiger partial charge in [0.25, 0.3) is 5.91 Å². The Bertz CT molecular complexity index is 357. The van der Waals surface area contributed by atoms with Crippen LogP contribution in [0.1, 0.15) is 10.4 Å². The van der Waals surface area contributed by atoms with Gasteiger partial charge in [-0.05, 0) is 46.9 Å². The third-order valence-corrected chi connectivity index (χ3v) is 3.31. The van der Waals surface area contributed by atoms with E-state index in [4.69, 9.17) is 5.11 Å². The average Bonchev–Trinajstić information content (AvgIpc) is 2.17. The molecule has 0 radical (unpaired) electrons. The van der Waals surface area contributed by atoms with Crippen molar-refractivity contribution < 1.29 is 9.90 Å². The van der Waals surface area contributed by atoms with Gasteiger partial charge in [-0.2, -0.15) is 0 Å². The zero-order chi connectivity index (χ0) is 10.8. The summed E-state index contributed by atoms with van der Waals surface area (Å²) >= 11 is 2.21. The Labute approximate surface area is 102 Å². The van der Waals surface area contributed by atoms with Crippen LogP contribution in [0.5, 0.6) is 0 Å². The van der Waals surface area contributed by atoms with E-state index in [9.17, 15) is 4.79 Å². The van der Waals surface area contributed by atoms with Crippen molar-refractivity contribution in [3.05, 3.63) is 33.4 Å². The van der Waals surface area contributed by atoms with E-state index in [-0.39, 0.29) is 18.4 Å². The molecule has 80 valence electrons. The highest BCUT2D eigenvalue weighted by molar-refractivity contribution is 14.1. The zero-order valence-electron chi connectivity index (χ0n) is 8.19. The molecule has 1 aromatic rings. The van der Waals surface area contributed by atoms with Gasteiger partial charge in [0.2, 0.25) is 0 Å². The predicted molar refractivity (Wildman–Crippen MR) is 65.6 cm³/mol. The van der Waals surface area contributed by atoms with Gasteiger partial charge in [-0.3, -0.25) is 4.79 Å². The van der Waals surface area contributed by atoms with E-state index in [0.717, 1.165) is 9.13 Å². The molecule has 0 spiro atoms. The van der Waals surface area contributed by atoms with Gasteiger partial charge >= 0.3 is 0 Å². The summed E-state index contributed by atoms with van der Waals surface area (Å²) in [6.07, 6.45) is 0. The minimum absolute atomic E-state index is 0.0658. The van der Waals surface area contributed by atoms with E-state index >= 15 is 0 Å². The molecule has 4 heteroatoms. The summed E-state index contributed by atoms with van der Waals surface area (Å²) in [6, 6.07) is 7.54. The minimum Gasteiger partial charge on any atom is -0.396 e. The van der Waals surface area contributed by atoms with Crippen molar-refractivity contribution in [1.82, 2.24) is 4.90 Å².